The first kappa shape index (κ1) is 21.9. The van der Waals surface area contributed by atoms with E-state index in [1.807, 2.05) is 5.38 Å². The van der Waals surface area contributed by atoms with Crippen molar-refractivity contribution in [3.8, 4) is 0 Å². The number of nitrogens with one attached hydrogen (secondary N) is 2. The van der Waals surface area contributed by atoms with Crippen LogP contribution in [0.2, 0.25) is 0 Å². The number of hydrogen-bond acceptors (Lipinski definition) is 3. The van der Waals surface area contributed by atoms with Crippen LogP contribution in [0.4, 0.5) is 13.2 Å². The second-order valence-corrected chi connectivity index (χ2v) is 8.02. The molecule has 8 heteroatoms. The molecule has 0 bridgehead atoms. The fourth-order valence-corrected chi connectivity index (χ4v) is 3.21. The second-order valence-electron chi connectivity index (χ2n) is 7.08. The van der Waals surface area contributed by atoms with Gasteiger partial charge in [-0.25, -0.2) is 0 Å². The maximum atomic E-state index is 12.9. The summed E-state index contributed by atoms with van der Waals surface area (Å²) in [5.41, 5.74) is -0.846. The number of carbonyl (C=O) groups excluding carboxylic acids is 2. The number of alkyl halides is 3. The molecule has 2 aromatic rings. The standard InChI is InChI=1S/C20H23F3N2O2S/c1-19(2,14-6-3-7-15(12-14)20(21,22)23)13-25-17(26)9-4-10-24-18(27)16-8-5-11-28-16/h3,5-8,11-12H,4,9-10,13H2,1-2H3,(H,24,27)(H,25,26). The summed E-state index contributed by atoms with van der Waals surface area (Å²) in [4.78, 5) is 24.4. The van der Waals surface area contributed by atoms with Gasteiger partial charge in [-0.3, -0.25) is 9.59 Å². The molecular weight excluding hydrogens is 389 g/mol. The van der Waals surface area contributed by atoms with Crippen LogP contribution in [-0.2, 0) is 16.4 Å². The monoisotopic (exact) mass is 412 g/mol. The molecule has 2 N–H and O–H groups in total. The molecule has 0 saturated heterocycles. The fraction of sp³-hybridized carbons (Fsp3) is 0.400. The summed E-state index contributed by atoms with van der Waals surface area (Å²) < 4.78 is 38.7. The van der Waals surface area contributed by atoms with Crippen LogP contribution in [0.15, 0.2) is 41.8 Å². The van der Waals surface area contributed by atoms with Crippen LogP contribution in [0.1, 0.15) is 47.5 Å². The fourth-order valence-electron chi connectivity index (χ4n) is 2.57. The molecule has 0 atom stereocenters. The van der Waals surface area contributed by atoms with E-state index in [1.54, 1.807) is 32.0 Å². The van der Waals surface area contributed by atoms with Crippen LogP contribution in [0.5, 0.6) is 0 Å². The van der Waals surface area contributed by atoms with Gasteiger partial charge in [-0.05, 0) is 29.5 Å². The number of rotatable bonds is 8. The quantitative estimate of drug-likeness (QED) is 0.633. The topological polar surface area (TPSA) is 58.2 Å². The Morgan fingerprint density at radius 1 is 1.04 bits per heavy atom. The molecule has 4 nitrogen and oxygen atoms in total. The van der Waals surface area contributed by atoms with E-state index in [-0.39, 0.29) is 24.8 Å². The molecule has 1 aromatic heterocycles. The number of amides is 2. The van der Waals surface area contributed by atoms with Gasteiger partial charge in [-0.1, -0.05) is 38.1 Å². The first-order valence-electron chi connectivity index (χ1n) is 8.86. The van der Waals surface area contributed by atoms with Gasteiger partial charge < -0.3 is 10.6 Å². The van der Waals surface area contributed by atoms with E-state index in [2.05, 4.69) is 10.6 Å². The van der Waals surface area contributed by atoms with Gasteiger partial charge in [0.1, 0.15) is 0 Å². The summed E-state index contributed by atoms with van der Waals surface area (Å²) in [5.74, 6) is -0.369. The third-order valence-electron chi connectivity index (χ3n) is 4.31. The Morgan fingerprint density at radius 3 is 2.39 bits per heavy atom. The molecule has 1 heterocycles. The Morgan fingerprint density at radius 2 is 1.75 bits per heavy atom. The van der Waals surface area contributed by atoms with E-state index in [0.29, 0.717) is 23.4 Å². The van der Waals surface area contributed by atoms with Gasteiger partial charge in [0.2, 0.25) is 5.91 Å². The van der Waals surface area contributed by atoms with E-state index in [0.717, 1.165) is 12.1 Å². The Bertz CT molecular complexity index is 802. The average Bonchev–Trinajstić information content (AvgIpc) is 3.18. The molecule has 0 aliphatic heterocycles. The van der Waals surface area contributed by atoms with E-state index in [9.17, 15) is 22.8 Å². The largest absolute Gasteiger partial charge is 0.416 e. The zero-order valence-electron chi connectivity index (χ0n) is 15.7. The summed E-state index contributed by atoms with van der Waals surface area (Å²) in [5, 5.41) is 7.32. The zero-order chi connectivity index (χ0) is 20.8. The van der Waals surface area contributed by atoms with Crippen LogP contribution >= 0.6 is 11.3 Å². The van der Waals surface area contributed by atoms with Gasteiger partial charge in [-0.15, -0.1) is 11.3 Å². The lowest BCUT2D eigenvalue weighted by molar-refractivity contribution is -0.137. The Balaban J connectivity index is 1.77. The minimum absolute atomic E-state index is 0.166. The molecule has 0 saturated carbocycles. The van der Waals surface area contributed by atoms with Crippen molar-refractivity contribution in [2.75, 3.05) is 13.1 Å². The van der Waals surface area contributed by atoms with Crippen molar-refractivity contribution < 1.29 is 22.8 Å². The van der Waals surface area contributed by atoms with Crippen molar-refractivity contribution in [1.29, 1.82) is 0 Å². The average molecular weight is 412 g/mol. The molecule has 2 rings (SSSR count). The third kappa shape index (κ3) is 6.37. The lowest BCUT2D eigenvalue weighted by atomic mass is 9.83. The SMILES string of the molecule is CC(C)(CNC(=O)CCCNC(=O)c1cccs1)c1cccc(C(F)(F)F)c1. The van der Waals surface area contributed by atoms with Gasteiger partial charge >= 0.3 is 6.18 Å². The molecule has 0 spiro atoms. The smallest absolute Gasteiger partial charge is 0.355 e. The summed E-state index contributed by atoms with van der Waals surface area (Å²) in [6.07, 6.45) is -3.70. The van der Waals surface area contributed by atoms with Crippen molar-refractivity contribution in [2.24, 2.45) is 0 Å². The number of benzene rings is 1. The van der Waals surface area contributed by atoms with Crippen molar-refractivity contribution in [2.45, 2.75) is 38.3 Å². The highest BCUT2D eigenvalue weighted by Gasteiger charge is 2.32. The van der Waals surface area contributed by atoms with E-state index < -0.39 is 17.2 Å². The molecular formula is C20H23F3N2O2S. The summed E-state index contributed by atoms with van der Waals surface area (Å²) in [6, 6.07) is 8.66. The van der Waals surface area contributed by atoms with Gasteiger partial charge in [0, 0.05) is 24.9 Å². The Hall–Kier alpha value is -2.35. The first-order valence-corrected chi connectivity index (χ1v) is 9.74. The van der Waals surface area contributed by atoms with Crippen LogP contribution < -0.4 is 10.6 Å². The van der Waals surface area contributed by atoms with Crippen LogP contribution in [0, 0.1) is 0 Å². The molecule has 152 valence electrons. The Labute approximate surface area is 166 Å². The highest BCUT2D eigenvalue weighted by molar-refractivity contribution is 7.12. The predicted octanol–water partition coefficient (Wildman–Crippen LogP) is 4.37. The molecule has 28 heavy (non-hydrogen) atoms. The summed E-state index contributed by atoms with van der Waals surface area (Å²) >= 11 is 1.34. The van der Waals surface area contributed by atoms with Crippen LogP contribution in [-0.4, -0.2) is 24.9 Å². The van der Waals surface area contributed by atoms with Crippen molar-refractivity contribution in [3.63, 3.8) is 0 Å². The van der Waals surface area contributed by atoms with E-state index >= 15 is 0 Å². The maximum absolute atomic E-state index is 12.9. The van der Waals surface area contributed by atoms with Gasteiger partial charge in [0.05, 0.1) is 10.4 Å². The molecule has 1 aromatic carbocycles. The van der Waals surface area contributed by atoms with Gasteiger partial charge in [0.25, 0.3) is 5.91 Å². The lowest BCUT2D eigenvalue weighted by Crippen LogP contribution is -2.37. The molecule has 0 radical (unpaired) electrons. The molecule has 0 fully saturated rings. The van der Waals surface area contributed by atoms with Crippen molar-refractivity contribution >= 4 is 23.2 Å². The molecule has 0 unspecified atom stereocenters. The van der Waals surface area contributed by atoms with Crippen molar-refractivity contribution in [1.82, 2.24) is 10.6 Å². The van der Waals surface area contributed by atoms with Crippen LogP contribution in [0.25, 0.3) is 0 Å². The second kappa shape index (κ2) is 9.23. The highest BCUT2D eigenvalue weighted by Crippen LogP contribution is 2.32. The number of carbonyl (C=O) groups is 2. The summed E-state index contributed by atoms with van der Waals surface area (Å²) in [6.45, 7) is 4.16. The third-order valence-corrected chi connectivity index (χ3v) is 5.18. The Kier molecular flexibility index (Phi) is 7.23. The van der Waals surface area contributed by atoms with E-state index in [4.69, 9.17) is 0 Å². The summed E-state index contributed by atoms with van der Waals surface area (Å²) in [7, 11) is 0. The minimum atomic E-state index is -4.40. The molecule has 0 aliphatic rings. The highest BCUT2D eigenvalue weighted by atomic mass is 32.1. The number of halogens is 3. The number of thiophene rings is 1. The minimum Gasteiger partial charge on any atom is -0.355 e. The predicted molar refractivity (Wildman–Crippen MR) is 103 cm³/mol. The maximum Gasteiger partial charge on any atom is 0.416 e. The van der Waals surface area contributed by atoms with E-state index in [1.165, 1.54) is 17.4 Å². The molecule has 2 amide bonds. The van der Waals surface area contributed by atoms with Crippen molar-refractivity contribution in [3.05, 3.63) is 57.8 Å². The number of hydrogen-bond donors (Lipinski definition) is 2. The first-order chi connectivity index (χ1) is 13.1. The normalized spacial score (nSPS) is 11.9. The molecule has 0 aliphatic carbocycles. The van der Waals surface area contributed by atoms with Crippen LogP contribution in [0.3, 0.4) is 0 Å². The zero-order valence-corrected chi connectivity index (χ0v) is 16.5. The van der Waals surface area contributed by atoms with Gasteiger partial charge in [0.15, 0.2) is 0 Å². The van der Waals surface area contributed by atoms with Gasteiger partial charge in [-0.2, -0.15) is 13.2 Å². The lowest BCUT2D eigenvalue weighted by Gasteiger charge is -2.26.